The van der Waals surface area contributed by atoms with Crippen LogP contribution in [0.3, 0.4) is 0 Å². The molecule has 0 fully saturated rings. The summed E-state index contributed by atoms with van der Waals surface area (Å²) in [4.78, 5) is 4.30. The fraction of sp³-hybridized carbons (Fsp3) is 0.0714. The van der Waals surface area contributed by atoms with Gasteiger partial charge in [0.2, 0.25) is 0 Å². The van der Waals surface area contributed by atoms with Gasteiger partial charge in [-0.25, -0.2) is 4.98 Å². The van der Waals surface area contributed by atoms with Crippen LogP contribution in [0.1, 0.15) is 0 Å². The SMILES string of the molecule is Cn1cnc2cc(OS(=O)(=O)c3ccccc3)ccc21. The van der Waals surface area contributed by atoms with Crippen molar-refractivity contribution in [3.8, 4) is 5.75 Å². The smallest absolute Gasteiger partial charge is 0.339 e. The molecular weight excluding hydrogens is 276 g/mol. The summed E-state index contributed by atoms with van der Waals surface area (Å²) in [5.41, 5.74) is 1.60. The molecule has 0 aliphatic rings. The molecule has 0 aliphatic heterocycles. The van der Waals surface area contributed by atoms with Crippen molar-refractivity contribution in [2.24, 2.45) is 7.05 Å². The van der Waals surface area contributed by atoms with E-state index >= 15 is 0 Å². The molecule has 0 radical (unpaired) electrons. The van der Waals surface area contributed by atoms with Gasteiger partial charge in [0.25, 0.3) is 0 Å². The molecule has 20 heavy (non-hydrogen) atoms. The highest BCUT2D eigenvalue weighted by molar-refractivity contribution is 7.87. The van der Waals surface area contributed by atoms with Gasteiger partial charge in [-0.05, 0) is 24.3 Å². The van der Waals surface area contributed by atoms with Crippen LogP contribution in [0.5, 0.6) is 5.75 Å². The highest BCUT2D eigenvalue weighted by Gasteiger charge is 2.16. The Morgan fingerprint density at radius 3 is 2.60 bits per heavy atom. The number of imidazole rings is 1. The van der Waals surface area contributed by atoms with E-state index in [0.717, 1.165) is 5.52 Å². The van der Waals surface area contributed by atoms with Crippen molar-refractivity contribution < 1.29 is 12.6 Å². The summed E-state index contributed by atoms with van der Waals surface area (Å²) < 4.78 is 31.2. The van der Waals surface area contributed by atoms with E-state index < -0.39 is 10.1 Å². The average molecular weight is 288 g/mol. The van der Waals surface area contributed by atoms with Crippen LogP contribution in [0.2, 0.25) is 0 Å². The predicted octanol–water partition coefficient (Wildman–Crippen LogP) is 2.34. The maximum absolute atomic E-state index is 12.1. The Hall–Kier alpha value is -2.34. The minimum Gasteiger partial charge on any atom is -0.379 e. The van der Waals surface area contributed by atoms with Gasteiger partial charge in [0, 0.05) is 13.1 Å². The summed E-state index contributed by atoms with van der Waals surface area (Å²) in [6.45, 7) is 0. The Bertz CT molecular complexity index is 855. The van der Waals surface area contributed by atoms with E-state index in [0.29, 0.717) is 5.52 Å². The van der Waals surface area contributed by atoms with Crippen molar-refractivity contribution in [2.45, 2.75) is 4.90 Å². The molecule has 0 spiro atoms. The summed E-state index contributed by atoms with van der Waals surface area (Å²) >= 11 is 0. The van der Waals surface area contributed by atoms with Crippen LogP contribution in [0.4, 0.5) is 0 Å². The van der Waals surface area contributed by atoms with Crippen LogP contribution in [0, 0.1) is 0 Å². The predicted molar refractivity (Wildman–Crippen MR) is 75.0 cm³/mol. The molecule has 1 heterocycles. The third-order valence-electron chi connectivity index (χ3n) is 2.93. The molecule has 0 amide bonds. The quantitative estimate of drug-likeness (QED) is 0.694. The van der Waals surface area contributed by atoms with E-state index in [-0.39, 0.29) is 10.6 Å². The van der Waals surface area contributed by atoms with Gasteiger partial charge < -0.3 is 8.75 Å². The number of fused-ring (bicyclic) bond motifs is 1. The molecule has 0 unspecified atom stereocenters. The number of hydrogen-bond donors (Lipinski definition) is 0. The summed E-state index contributed by atoms with van der Waals surface area (Å²) in [5.74, 6) is 0.250. The molecule has 0 bridgehead atoms. The maximum Gasteiger partial charge on any atom is 0.339 e. The van der Waals surface area contributed by atoms with Crippen LogP contribution in [0.25, 0.3) is 11.0 Å². The van der Waals surface area contributed by atoms with Crippen LogP contribution in [0.15, 0.2) is 59.8 Å². The van der Waals surface area contributed by atoms with Gasteiger partial charge in [0.15, 0.2) is 0 Å². The minimum atomic E-state index is -3.81. The van der Waals surface area contributed by atoms with Crippen molar-refractivity contribution in [1.82, 2.24) is 9.55 Å². The Balaban J connectivity index is 1.97. The summed E-state index contributed by atoms with van der Waals surface area (Å²) in [6, 6.07) is 13.0. The van der Waals surface area contributed by atoms with E-state index in [2.05, 4.69) is 4.98 Å². The summed E-state index contributed by atoms with van der Waals surface area (Å²) in [7, 11) is -1.94. The molecule has 102 valence electrons. The second kappa shape index (κ2) is 4.64. The van der Waals surface area contributed by atoms with E-state index in [1.54, 1.807) is 42.7 Å². The van der Waals surface area contributed by atoms with Gasteiger partial charge in [-0.3, -0.25) is 0 Å². The lowest BCUT2D eigenvalue weighted by Gasteiger charge is -2.06. The van der Waals surface area contributed by atoms with Gasteiger partial charge in [-0.1, -0.05) is 18.2 Å². The number of aryl methyl sites for hydroxylation is 1. The second-order valence-electron chi connectivity index (χ2n) is 4.36. The summed E-state index contributed by atoms with van der Waals surface area (Å²) in [6.07, 6.45) is 1.67. The zero-order valence-corrected chi connectivity index (χ0v) is 11.5. The van der Waals surface area contributed by atoms with Crippen molar-refractivity contribution in [1.29, 1.82) is 0 Å². The number of hydrogen-bond acceptors (Lipinski definition) is 4. The second-order valence-corrected chi connectivity index (χ2v) is 5.90. The first-order valence-electron chi connectivity index (χ1n) is 5.97. The molecule has 1 aromatic heterocycles. The molecule has 0 aliphatic carbocycles. The number of aromatic nitrogens is 2. The molecule has 2 aromatic carbocycles. The fourth-order valence-corrected chi connectivity index (χ4v) is 2.87. The van der Waals surface area contributed by atoms with Crippen molar-refractivity contribution in [3.05, 3.63) is 54.9 Å². The lowest BCUT2D eigenvalue weighted by molar-refractivity contribution is 0.486. The first-order chi connectivity index (χ1) is 9.56. The Kier molecular flexibility index (Phi) is 2.94. The highest BCUT2D eigenvalue weighted by Crippen LogP contribution is 2.22. The molecule has 5 nitrogen and oxygen atoms in total. The van der Waals surface area contributed by atoms with Crippen LogP contribution in [-0.4, -0.2) is 18.0 Å². The topological polar surface area (TPSA) is 61.2 Å². The van der Waals surface area contributed by atoms with Gasteiger partial charge in [0.05, 0.1) is 17.4 Å². The Morgan fingerprint density at radius 1 is 1.10 bits per heavy atom. The lowest BCUT2D eigenvalue weighted by Crippen LogP contribution is -2.09. The summed E-state index contributed by atoms with van der Waals surface area (Å²) in [5, 5.41) is 0. The molecule has 6 heteroatoms. The normalized spacial score (nSPS) is 11.7. The molecule has 0 N–H and O–H groups in total. The third kappa shape index (κ3) is 2.25. The van der Waals surface area contributed by atoms with Gasteiger partial charge >= 0.3 is 10.1 Å². The molecule has 3 aromatic rings. The molecular formula is C14H12N2O3S. The standard InChI is InChI=1S/C14H12N2O3S/c1-16-10-15-13-9-11(7-8-14(13)16)19-20(17,18)12-5-3-2-4-6-12/h2-10H,1H3. The van der Waals surface area contributed by atoms with Crippen molar-refractivity contribution in [2.75, 3.05) is 0 Å². The number of rotatable bonds is 3. The van der Waals surface area contributed by atoms with Crippen molar-refractivity contribution >= 4 is 21.2 Å². The van der Waals surface area contributed by atoms with Gasteiger partial charge in [-0.2, -0.15) is 8.42 Å². The zero-order chi connectivity index (χ0) is 14.2. The Morgan fingerprint density at radius 2 is 1.85 bits per heavy atom. The van der Waals surface area contributed by atoms with Gasteiger partial charge in [-0.15, -0.1) is 0 Å². The molecule has 0 saturated carbocycles. The van der Waals surface area contributed by atoms with Crippen LogP contribution >= 0.6 is 0 Å². The van der Waals surface area contributed by atoms with Crippen molar-refractivity contribution in [3.63, 3.8) is 0 Å². The van der Waals surface area contributed by atoms with Gasteiger partial charge in [0.1, 0.15) is 10.6 Å². The number of nitrogens with zero attached hydrogens (tertiary/aromatic N) is 2. The molecule has 0 saturated heterocycles. The highest BCUT2D eigenvalue weighted by atomic mass is 32.2. The molecule has 3 rings (SSSR count). The fourth-order valence-electron chi connectivity index (χ4n) is 1.93. The largest absolute Gasteiger partial charge is 0.379 e. The van der Waals surface area contributed by atoms with E-state index in [1.807, 2.05) is 11.6 Å². The average Bonchev–Trinajstić information content (AvgIpc) is 2.80. The lowest BCUT2D eigenvalue weighted by atomic mass is 10.3. The molecule has 0 atom stereocenters. The first kappa shape index (κ1) is 12.7. The maximum atomic E-state index is 12.1. The Labute approximate surface area is 116 Å². The third-order valence-corrected chi connectivity index (χ3v) is 4.20. The first-order valence-corrected chi connectivity index (χ1v) is 7.38. The van der Waals surface area contributed by atoms with E-state index in [9.17, 15) is 8.42 Å². The van der Waals surface area contributed by atoms with Crippen LogP contribution < -0.4 is 4.18 Å². The monoisotopic (exact) mass is 288 g/mol. The number of benzene rings is 2. The minimum absolute atomic E-state index is 0.126. The van der Waals surface area contributed by atoms with Crippen LogP contribution in [-0.2, 0) is 17.2 Å². The zero-order valence-electron chi connectivity index (χ0n) is 10.7. The van der Waals surface area contributed by atoms with E-state index in [1.165, 1.54) is 12.1 Å². The van der Waals surface area contributed by atoms with E-state index in [4.69, 9.17) is 4.18 Å².